The molecular weight excluding hydrogens is 248 g/mol. The molecule has 0 atom stereocenters. The standard InChI is InChI=1S/C18H30O2/c1-2-3-4-5-6-7-8-9-10-11-12-13-14-15-16-17-18(19)20/h3-4,7-10H,2,5-6,11-17H2,1H3,(H,19,20)/b4-3?,8-7+,10-9+. The third-order valence-corrected chi connectivity index (χ3v) is 3.05. The average Bonchev–Trinajstić information content (AvgIpc) is 2.43. The molecule has 0 aliphatic heterocycles. The zero-order chi connectivity index (χ0) is 14.9. The van der Waals surface area contributed by atoms with E-state index in [-0.39, 0.29) is 0 Å². The van der Waals surface area contributed by atoms with Gasteiger partial charge in [-0.15, -0.1) is 0 Å². The van der Waals surface area contributed by atoms with Crippen LogP contribution < -0.4 is 0 Å². The fourth-order valence-corrected chi connectivity index (χ4v) is 1.90. The molecule has 0 radical (unpaired) electrons. The Kier molecular flexibility index (Phi) is 14.7. The van der Waals surface area contributed by atoms with Gasteiger partial charge < -0.3 is 5.11 Å². The van der Waals surface area contributed by atoms with Crippen LogP contribution in [0.5, 0.6) is 0 Å². The fraction of sp³-hybridized carbons (Fsp3) is 0.611. The molecule has 0 spiro atoms. The van der Waals surface area contributed by atoms with Crippen LogP contribution in [-0.4, -0.2) is 11.1 Å². The maximum absolute atomic E-state index is 10.3. The molecular formula is C18H30O2. The van der Waals surface area contributed by atoms with Crippen molar-refractivity contribution < 1.29 is 9.90 Å². The Morgan fingerprint density at radius 1 is 0.800 bits per heavy atom. The van der Waals surface area contributed by atoms with Crippen LogP contribution >= 0.6 is 0 Å². The van der Waals surface area contributed by atoms with Gasteiger partial charge in [-0.1, -0.05) is 62.6 Å². The van der Waals surface area contributed by atoms with Gasteiger partial charge in [-0.3, -0.25) is 4.79 Å². The Morgan fingerprint density at radius 3 is 2.10 bits per heavy atom. The number of carboxylic acids is 1. The van der Waals surface area contributed by atoms with Crippen molar-refractivity contribution in [2.45, 2.75) is 71.1 Å². The first-order valence-corrected chi connectivity index (χ1v) is 7.95. The van der Waals surface area contributed by atoms with E-state index in [0.29, 0.717) is 6.42 Å². The Balaban J connectivity index is 3.25. The van der Waals surface area contributed by atoms with Crippen molar-refractivity contribution in [3.63, 3.8) is 0 Å². The zero-order valence-electron chi connectivity index (χ0n) is 12.9. The van der Waals surface area contributed by atoms with E-state index in [1.165, 1.54) is 12.8 Å². The van der Waals surface area contributed by atoms with Crippen molar-refractivity contribution in [3.05, 3.63) is 36.5 Å². The molecule has 0 aromatic rings. The molecule has 0 bridgehead atoms. The second-order valence-corrected chi connectivity index (χ2v) is 5.01. The van der Waals surface area contributed by atoms with Gasteiger partial charge in [0.15, 0.2) is 0 Å². The van der Waals surface area contributed by atoms with Gasteiger partial charge in [0.1, 0.15) is 0 Å². The minimum absolute atomic E-state index is 0.318. The Bertz CT molecular complexity index is 301. The molecule has 0 aliphatic rings. The lowest BCUT2D eigenvalue weighted by Gasteiger charge is -1.97. The van der Waals surface area contributed by atoms with Crippen LogP contribution in [0.2, 0.25) is 0 Å². The zero-order valence-corrected chi connectivity index (χ0v) is 12.9. The van der Waals surface area contributed by atoms with Crippen LogP contribution in [0.25, 0.3) is 0 Å². The molecule has 0 aromatic heterocycles. The number of aliphatic carboxylic acids is 1. The molecule has 0 rings (SSSR count). The molecule has 0 saturated carbocycles. The first kappa shape index (κ1) is 18.7. The predicted molar refractivity (Wildman–Crippen MR) is 86.9 cm³/mol. The van der Waals surface area contributed by atoms with Gasteiger partial charge in [0, 0.05) is 6.42 Å². The quantitative estimate of drug-likeness (QED) is 0.268. The molecule has 1 N–H and O–H groups in total. The summed E-state index contributed by atoms with van der Waals surface area (Å²) in [7, 11) is 0. The van der Waals surface area contributed by atoms with Crippen molar-refractivity contribution in [2.24, 2.45) is 0 Å². The van der Waals surface area contributed by atoms with Crippen LogP contribution in [0.1, 0.15) is 71.1 Å². The minimum atomic E-state index is -0.676. The second-order valence-electron chi connectivity index (χ2n) is 5.01. The SMILES string of the molecule is CCC=CCC/C=C/C=C/CCCCCCCC(=O)O. The van der Waals surface area contributed by atoms with Gasteiger partial charge in [0.25, 0.3) is 0 Å². The molecule has 0 unspecified atom stereocenters. The summed E-state index contributed by atoms with van der Waals surface area (Å²) in [5, 5.41) is 8.50. The molecule has 0 amide bonds. The van der Waals surface area contributed by atoms with E-state index in [9.17, 15) is 4.79 Å². The van der Waals surface area contributed by atoms with Gasteiger partial charge in [-0.2, -0.15) is 0 Å². The highest BCUT2D eigenvalue weighted by atomic mass is 16.4. The first-order valence-electron chi connectivity index (χ1n) is 7.95. The van der Waals surface area contributed by atoms with Crippen molar-refractivity contribution in [3.8, 4) is 0 Å². The third kappa shape index (κ3) is 16.7. The molecule has 0 aliphatic carbocycles. The first-order chi connectivity index (χ1) is 9.77. The highest BCUT2D eigenvalue weighted by Gasteiger charge is 1.95. The number of unbranched alkanes of at least 4 members (excludes halogenated alkanes) is 6. The Morgan fingerprint density at radius 2 is 1.40 bits per heavy atom. The Hall–Kier alpha value is -1.31. The summed E-state index contributed by atoms with van der Waals surface area (Å²) in [4.78, 5) is 10.3. The molecule has 0 aromatic carbocycles. The maximum atomic E-state index is 10.3. The maximum Gasteiger partial charge on any atom is 0.303 e. The van der Waals surface area contributed by atoms with E-state index in [0.717, 1.165) is 44.9 Å². The van der Waals surface area contributed by atoms with E-state index in [1.54, 1.807) is 0 Å². The van der Waals surface area contributed by atoms with Gasteiger partial charge in [0.2, 0.25) is 0 Å². The van der Waals surface area contributed by atoms with E-state index in [1.807, 2.05) is 0 Å². The topological polar surface area (TPSA) is 37.3 Å². The van der Waals surface area contributed by atoms with Crippen LogP contribution in [0.3, 0.4) is 0 Å². The van der Waals surface area contributed by atoms with Crippen LogP contribution in [0, 0.1) is 0 Å². The van der Waals surface area contributed by atoms with Crippen molar-refractivity contribution in [1.29, 1.82) is 0 Å². The van der Waals surface area contributed by atoms with Gasteiger partial charge in [-0.05, 0) is 38.5 Å². The average molecular weight is 278 g/mol. The smallest absolute Gasteiger partial charge is 0.303 e. The normalized spacial score (nSPS) is 12.1. The summed E-state index contributed by atoms with van der Waals surface area (Å²) < 4.78 is 0. The highest BCUT2D eigenvalue weighted by Crippen LogP contribution is 2.07. The largest absolute Gasteiger partial charge is 0.481 e. The van der Waals surface area contributed by atoms with Crippen molar-refractivity contribution >= 4 is 5.97 Å². The fourth-order valence-electron chi connectivity index (χ4n) is 1.90. The van der Waals surface area contributed by atoms with E-state index in [4.69, 9.17) is 5.11 Å². The lowest BCUT2D eigenvalue weighted by molar-refractivity contribution is -0.137. The summed E-state index contributed by atoms with van der Waals surface area (Å²) in [6.45, 7) is 2.15. The molecule has 2 nitrogen and oxygen atoms in total. The lowest BCUT2D eigenvalue weighted by atomic mass is 10.1. The molecule has 20 heavy (non-hydrogen) atoms. The van der Waals surface area contributed by atoms with Gasteiger partial charge >= 0.3 is 5.97 Å². The lowest BCUT2D eigenvalue weighted by Crippen LogP contribution is -1.93. The molecule has 0 heterocycles. The molecule has 114 valence electrons. The number of carbonyl (C=O) groups is 1. The monoisotopic (exact) mass is 278 g/mol. The summed E-state index contributed by atoms with van der Waals surface area (Å²) in [6, 6.07) is 0. The number of allylic oxidation sites excluding steroid dienone is 6. The highest BCUT2D eigenvalue weighted by molar-refractivity contribution is 5.66. The summed E-state index contributed by atoms with van der Waals surface area (Å²) >= 11 is 0. The van der Waals surface area contributed by atoms with Crippen LogP contribution in [0.4, 0.5) is 0 Å². The molecule has 0 fully saturated rings. The van der Waals surface area contributed by atoms with Crippen molar-refractivity contribution in [1.82, 2.24) is 0 Å². The molecule has 2 heteroatoms. The third-order valence-electron chi connectivity index (χ3n) is 3.05. The summed E-state index contributed by atoms with van der Waals surface area (Å²) in [6.07, 6.45) is 23.4. The number of rotatable bonds is 13. The summed E-state index contributed by atoms with van der Waals surface area (Å²) in [5.74, 6) is -0.676. The molecule has 0 saturated heterocycles. The van der Waals surface area contributed by atoms with E-state index in [2.05, 4.69) is 43.4 Å². The number of carboxylic acid groups (broad SMARTS) is 1. The minimum Gasteiger partial charge on any atom is -0.481 e. The Labute approximate surface area is 124 Å². The van der Waals surface area contributed by atoms with Crippen LogP contribution in [0.15, 0.2) is 36.5 Å². The van der Waals surface area contributed by atoms with E-state index >= 15 is 0 Å². The summed E-state index contributed by atoms with van der Waals surface area (Å²) in [5.41, 5.74) is 0. The van der Waals surface area contributed by atoms with Gasteiger partial charge in [0.05, 0.1) is 0 Å². The second kappa shape index (κ2) is 15.7. The van der Waals surface area contributed by atoms with Gasteiger partial charge in [-0.25, -0.2) is 0 Å². The number of hydrogen-bond acceptors (Lipinski definition) is 1. The van der Waals surface area contributed by atoms with Crippen LogP contribution in [-0.2, 0) is 4.79 Å². The number of hydrogen-bond donors (Lipinski definition) is 1. The van der Waals surface area contributed by atoms with E-state index < -0.39 is 5.97 Å². The van der Waals surface area contributed by atoms with Crippen molar-refractivity contribution in [2.75, 3.05) is 0 Å². The predicted octanol–water partition coefficient (Wildman–Crippen LogP) is 5.66.